The van der Waals surface area contributed by atoms with Crippen LogP contribution in [0.15, 0.2) is 53.8 Å². The van der Waals surface area contributed by atoms with Crippen molar-refractivity contribution in [1.82, 2.24) is 15.3 Å². The fourth-order valence-corrected chi connectivity index (χ4v) is 2.51. The van der Waals surface area contributed by atoms with Crippen LogP contribution in [0.4, 0.5) is 5.82 Å². The molecule has 1 unspecified atom stereocenters. The maximum atomic E-state index is 12.4. The van der Waals surface area contributed by atoms with Crippen molar-refractivity contribution in [2.45, 2.75) is 20.0 Å². The fraction of sp³-hybridized carbons (Fsp3) is 0.238. The molecule has 7 N–H and O–H groups in total. The molecule has 0 radical (unpaired) electrons. The van der Waals surface area contributed by atoms with Crippen molar-refractivity contribution >= 4 is 28.8 Å². The summed E-state index contributed by atoms with van der Waals surface area (Å²) >= 11 is 0. The molecule has 2 aromatic heterocycles. The number of amides is 1. The molecule has 0 saturated heterocycles. The Morgan fingerprint density at radius 2 is 2.13 bits per heavy atom. The van der Waals surface area contributed by atoms with E-state index in [1.54, 1.807) is 38.4 Å². The number of rotatable bonds is 8. The lowest BCUT2D eigenvalue weighted by molar-refractivity contribution is -0.116. The Hall–Kier alpha value is -3.72. The van der Waals surface area contributed by atoms with E-state index in [4.69, 9.17) is 11.5 Å². The summed E-state index contributed by atoms with van der Waals surface area (Å²) in [5, 5.41) is 15.2. The molecule has 0 saturated carbocycles. The van der Waals surface area contributed by atoms with E-state index in [1.165, 1.54) is 6.20 Å². The number of nitrogens with one attached hydrogen (secondary N) is 2. The third-order valence-electron chi connectivity index (χ3n) is 4.02. The highest BCUT2D eigenvalue weighted by Crippen LogP contribution is 2.21. The molecule has 0 spiro atoms. The van der Waals surface area contributed by atoms with Crippen LogP contribution in [0.2, 0.25) is 0 Å². The molecule has 0 aliphatic heterocycles. The molecule has 0 fully saturated rings. The number of hydrogen-bond donors (Lipinski definition) is 5. The summed E-state index contributed by atoms with van der Waals surface area (Å²) < 4.78 is 0. The first-order chi connectivity index (χ1) is 14.3. The average Bonchev–Trinajstić information content (AvgIpc) is 2.72. The molecule has 0 bridgehead atoms. The number of nitrogens with zero attached hydrogens (tertiary/aromatic N) is 3. The smallest absolute Gasteiger partial charge is 0.255 e. The van der Waals surface area contributed by atoms with Gasteiger partial charge in [-0.3, -0.25) is 14.8 Å². The molecular weight excluding hydrogens is 382 g/mol. The van der Waals surface area contributed by atoms with Crippen LogP contribution in [0, 0.1) is 6.92 Å². The lowest BCUT2D eigenvalue weighted by atomic mass is 10.1. The number of aliphatic hydroxyl groups is 1. The van der Waals surface area contributed by atoms with Crippen LogP contribution in [-0.4, -0.2) is 46.5 Å². The zero-order chi connectivity index (χ0) is 22.1. The van der Waals surface area contributed by atoms with Crippen LogP contribution in [0.25, 0.3) is 11.3 Å². The maximum Gasteiger partial charge on any atom is 0.255 e. The van der Waals surface area contributed by atoms with Crippen molar-refractivity contribution in [2.75, 3.05) is 18.9 Å². The monoisotopic (exact) mass is 409 g/mol. The van der Waals surface area contributed by atoms with Gasteiger partial charge in [0.25, 0.3) is 5.91 Å². The third-order valence-corrected chi connectivity index (χ3v) is 4.02. The first kappa shape index (κ1) is 22.6. The Morgan fingerprint density at radius 3 is 2.77 bits per heavy atom. The van der Waals surface area contributed by atoms with E-state index in [0.717, 1.165) is 5.69 Å². The van der Waals surface area contributed by atoms with Gasteiger partial charge in [0, 0.05) is 43.3 Å². The summed E-state index contributed by atoms with van der Waals surface area (Å²) in [5.74, 6) is 0.511. The Morgan fingerprint density at radius 1 is 1.37 bits per heavy atom. The Kier molecular flexibility index (Phi) is 8.07. The summed E-state index contributed by atoms with van der Waals surface area (Å²) in [6.45, 7) is 3.57. The van der Waals surface area contributed by atoms with Crippen molar-refractivity contribution in [2.24, 2.45) is 16.5 Å². The van der Waals surface area contributed by atoms with Gasteiger partial charge in [-0.05, 0) is 38.1 Å². The second-order valence-corrected chi connectivity index (χ2v) is 6.56. The van der Waals surface area contributed by atoms with Crippen molar-refractivity contribution in [3.8, 4) is 0 Å². The standard InChI is InChI=1S/C21H27N7O2/c1-13-5-4-6-20(27-13)28-17(10-19(23)24-3)15-7-8-25-18(9-15)16(11-22)21(30)26-12-14(2)29/h4-11,14,29H,12,22H2,1-3H3,(H2,23,24)(H,26,30)(H,27,28)/b16-11?,17-10-. The Bertz CT molecular complexity index is 981. The van der Waals surface area contributed by atoms with Crippen molar-refractivity contribution in [1.29, 1.82) is 0 Å². The maximum absolute atomic E-state index is 12.4. The minimum atomic E-state index is -0.677. The number of aliphatic imine (C=N–C) groups is 1. The summed E-state index contributed by atoms with van der Waals surface area (Å²) in [5.41, 5.74) is 14.3. The largest absolute Gasteiger partial charge is 0.404 e. The van der Waals surface area contributed by atoms with Gasteiger partial charge >= 0.3 is 0 Å². The van der Waals surface area contributed by atoms with Gasteiger partial charge in [-0.25, -0.2) is 4.98 Å². The van der Waals surface area contributed by atoms with Gasteiger partial charge in [0.15, 0.2) is 0 Å². The number of aliphatic hydroxyl groups excluding tert-OH is 1. The molecule has 2 aromatic rings. The zero-order valence-corrected chi connectivity index (χ0v) is 17.3. The first-order valence-electron chi connectivity index (χ1n) is 9.33. The SMILES string of the molecule is CN=C(N)/C=C(\Nc1cccc(C)n1)c1ccnc(C(=CN)C(=O)NCC(C)O)c1. The predicted octanol–water partition coefficient (Wildman–Crippen LogP) is 1.02. The van der Waals surface area contributed by atoms with Gasteiger partial charge in [0.1, 0.15) is 11.7 Å². The molecule has 158 valence electrons. The lowest BCUT2D eigenvalue weighted by Crippen LogP contribution is -2.31. The molecule has 0 aliphatic rings. The lowest BCUT2D eigenvalue weighted by Gasteiger charge is -2.14. The zero-order valence-electron chi connectivity index (χ0n) is 17.3. The normalized spacial score (nSPS) is 13.7. The van der Waals surface area contributed by atoms with E-state index in [0.29, 0.717) is 28.6 Å². The number of anilines is 1. The van der Waals surface area contributed by atoms with Gasteiger partial charge in [-0.1, -0.05) is 6.07 Å². The number of aromatic nitrogens is 2. The summed E-state index contributed by atoms with van der Waals surface area (Å²) in [6, 6.07) is 9.09. The highest BCUT2D eigenvalue weighted by molar-refractivity contribution is 6.19. The fourth-order valence-electron chi connectivity index (χ4n) is 2.51. The second-order valence-electron chi connectivity index (χ2n) is 6.56. The molecule has 9 nitrogen and oxygen atoms in total. The predicted molar refractivity (Wildman–Crippen MR) is 119 cm³/mol. The van der Waals surface area contributed by atoms with Crippen molar-refractivity contribution < 1.29 is 9.90 Å². The number of amidine groups is 1. The average molecular weight is 409 g/mol. The summed E-state index contributed by atoms with van der Waals surface area (Å²) in [4.78, 5) is 25.1. The van der Waals surface area contributed by atoms with E-state index >= 15 is 0 Å². The molecule has 9 heteroatoms. The number of nitrogens with two attached hydrogens (primary N) is 2. The van der Waals surface area contributed by atoms with E-state index in [1.807, 2.05) is 25.1 Å². The number of pyridine rings is 2. The number of hydrogen-bond acceptors (Lipinski definition) is 7. The van der Waals surface area contributed by atoms with Crippen LogP contribution < -0.4 is 22.1 Å². The highest BCUT2D eigenvalue weighted by atomic mass is 16.3. The number of carbonyl (C=O) groups is 1. The molecular formula is C21H27N7O2. The first-order valence-corrected chi connectivity index (χ1v) is 9.33. The third kappa shape index (κ3) is 6.42. The summed E-state index contributed by atoms with van der Waals surface area (Å²) in [7, 11) is 1.59. The molecule has 0 aliphatic carbocycles. The number of carbonyl (C=O) groups excluding carboxylic acids is 1. The molecule has 1 amide bonds. The summed E-state index contributed by atoms with van der Waals surface area (Å²) in [6.07, 6.45) is 3.74. The molecule has 2 heterocycles. The van der Waals surface area contributed by atoms with E-state index in [-0.39, 0.29) is 12.1 Å². The van der Waals surface area contributed by atoms with Gasteiger partial charge in [-0.15, -0.1) is 0 Å². The van der Waals surface area contributed by atoms with Gasteiger partial charge in [0.2, 0.25) is 0 Å². The van der Waals surface area contributed by atoms with Crippen LogP contribution in [-0.2, 0) is 4.79 Å². The Labute approximate surface area is 175 Å². The number of aryl methyl sites for hydroxylation is 1. The van der Waals surface area contributed by atoms with Crippen LogP contribution in [0.5, 0.6) is 0 Å². The highest BCUT2D eigenvalue weighted by Gasteiger charge is 2.15. The van der Waals surface area contributed by atoms with E-state index < -0.39 is 12.0 Å². The molecule has 1 atom stereocenters. The van der Waals surface area contributed by atoms with Crippen molar-refractivity contribution in [3.05, 3.63) is 65.8 Å². The molecule has 0 aromatic carbocycles. The minimum absolute atomic E-state index is 0.102. The quantitative estimate of drug-likeness (QED) is 0.248. The molecule has 30 heavy (non-hydrogen) atoms. The van der Waals surface area contributed by atoms with Crippen LogP contribution in [0.1, 0.15) is 23.9 Å². The minimum Gasteiger partial charge on any atom is -0.404 e. The van der Waals surface area contributed by atoms with Gasteiger partial charge < -0.3 is 27.2 Å². The topological polar surface area (TPSA) is 152 Å². The van der Waals surface area contributed by atoms with Crippen molar-refractivity contribution in [3.63, 3.8) is 0 Å². The van der Waals surface area contributed by atoms with E-state index in [9.17, 15) is 9.90 Å². The van der Waals surface area contributed by atoms with Crippen LogP contribution >= 0.6 is 0 Å². The van der Waals surface area contributed by atoms with Gasteiger partial charge in [0.05, 0.1) is 23.1 Å². The second kappa shape index (κ2) is 10.7. The molecule has 2 rings (SSSR count). The Balaban J connectivity index is 2.40. The van der Waals surface area contributed by atoms with Crippen LogP contribution in [0.3, 0.4) is 0 Å². The van der Waals surface area contributed by atoms with E-state index in [2.05, 4.69) is 25.6 Å². The van der Waals surface area contributed by atoms with Gasteiger partial charge in [-0.2, -0.15) is 0 Å².